The molecule has 0 saturated carbocycles. The minimum Gasteiger partial charge on any atom is -0.344 e. The molecule has 0 aromatic rings. The summed E-state index contributed by atoms with van der Waals surface area (Å²) >= 11 is 0. The molecule has 0 aromatic heterocycles. The first-order valence-corrected chi connectivity index (χ1v) is 6.07. The maximum absolute atomic E-state index is 12.2. The molecule has 1 N–H and O–H groups in total. The van der Waals surface area contributed by atoms with Gasteiger partial charge in [-0.15, -0.1) is 0 Å². The molecule has 4 nitrogen and oxygen atoms in total. The van der Waals surface area contributed by atoms with E-state index in [0.717, 1.165) is 6.42 Å². The van der Waals surface area contributed by atoms with Crippen LogP contribution in [0.1, 0.15) is 40.5 Å². The summed E-state index contributed by atoms with van der Waals surface area (Å²) in [6.07, 6.45) is 1.34. The average molecular weight is 226 g/mol. The van der Waals surface area contributed by atoms with Gasteiger partial charge in [0.15, 0.2) is 0 Å². The second kappa shape index (κ2) is 5.32. The van der Waals surface area contributed by atoms with Crippen LogP contribution < -0.4 is 5.32 Å². The van der Waals surface area contributed by atoms with Crippen LogP contribution in [0.3, 0.4) is 0 Å². The molecule has 1 rings (SSSR count). The minimum atomic E-state index is -0.357. The Kier molecular flexibility index (Phi) is 4.33. The number of rotatable bonds is 3. The zero-order valence-electron chi connectivity index (χ0n) is 10.6. The SMILES string of the molecule is CCC(C)N1CCC(=O)NC(C(C)C)C1=O. The highest BCUT2D eigenvalue weighted by Crippen LogP contribution is 2.14. The minimum absolute atomic E-state index is 0.0159. The molecule has 2 unspecified atom stereocenters. The predicted molar refractivity (Wildman–Crippen MR) is 62.9 cm³/mol. The van der Waals surface area contributed by atoms with Crippen LogP contribution in [0.4, 0.5) is 0 Å². The summed E-state index contributed by atoms with van der Waals surface area (Å²) in [4.78, 5) is 25.6. The normalized spacial score (nSPS) is 24.3. The van der Waals surface area contributed by atoms with Crippen molar-refractivity contribution < 1.29 is 9.59 Å². The van der Waals surface area contributed by atoms with E-state index in [1.54, 1.807) is 0 Å². The van der Waals surface area contributed by atoms with Crippen LogP contribution in [0.2, 0.25) is 0 Å². The van der Waals surface area contributed by atoms with E-state index in [1.807, 2.05) is 25.7 Å². The summed E-state index contributed by atoms with van der Waals surface area (Å²) in [5.74, 6) is 0.189. The van der Waals surface area contributed by atoms with Gasteiger partial charge in [-0.1, -0.05) is 20.8 Å². The maximum atomic E-state index is 12.2. The molecular weight excluding hydrogens is 204 g/mol. The van der Waals surface area contributed by atoms with Crippen molar-refractivity contribution in [2.75, 3.05) is 6.54 Å². The monoisotopic (exact) mass is 226 g/mol. The van der Waals surface area contributed by atoms with Crippen molar-refractivity contribution in [3.63, 3.8) is 0 Å². The van der Waals surface area contributed by atoms with Crippen molar-refractivity contribution in [2.24, 2.45) is 5.92 Å². The lowest BCUT2D eigenvalue weighted by Crippen LogP contribution is -2.50. The van der Waals surface area contributed by atoms with Gasteiger partial charge in [-0.2, -0.15) is 0 Å². The summed E-state index contributed by atoms with van der Waals surface area (Å²) in [6.45, 7) is 8.56. The van der Waals surface area contributed by atoms with E-state index in [9.17, 15) is 9.59 Å². The average Bonchev–Trinajstić information content (AvgIpc) is 2.38. The molecule has 0 radical (unpaired) electrons. The van der Waals surface area contributed by atoms with Crippen LogP contribution in [0.15, 0.2) is 0 Å². The zero-order chi connectivity index (χ0) is 12.3. The van der Waals surface area contributed by atoms with E-state index in [4.69, 9.17) is 0 Å². The van der Waals surface area contributed by atoms with Crippen LogP contribution >= 0.6 is 0 Å². The van der Waals surface area contributed by atoms with Gasteiger partial charge in [-0.25, -0.2) is 0 Å². The van der Waals surface area contributed by atoms with Gasteiger partial charge in [0, 0.05) is 19.0 Å². The topological polar surface area (TPSA) is 49.4 Å². The van der Waals surface area contributed by atoms with Gasteiger partial charge in [0.2, 0.25) is 11.8 Å². The smallest absolute Gasteiger partial charge is 0.245 e. The molecule has 0 bridgehead atoms. The number of carbonyl (C=O) groups is 2. The first kappa shape index (κ1) is 13.0. The van der Waals surface area contributed by atoms with Crippen molar-refractivity contribution >= 4 is 11.8 Å². The quantitative estimate of drug-likeness (QED) is 0.785. The zero-order valence-corrected chi connectivity index (χ0v) is 10.6. The molecule has 1 fully saturated rings. The van der Waals surface area contributed by atoms with Crippen LogP contribution in [0.25, 0.3) is 0 Å². The Labute approximate surface area is 97.4 Å². The Balaban J connectivity index is 2.87. The summed E-state index contributed by atoms with van der Waals surface area (Å²) in [7, 11) is 0. The van der Waals surface area contributed by atoms with Gasteiger partial charge < -0.3 is 10.2 Å². The van der Waals surface area contributed by atoms with Crippen molar-refractivity contribution in [3.05, 3.63) is 0 Å². The van der Waals surface area contributed by atoms with Gasteiger partial charge in [0.25, 0.3) is 0 Å². The van der Waals surface area contributed by atoms with Gasteiger partial charge in [-0.05, 0) is 19.3 Å². The molecular formula is C12H22N2O2. The summed E-state index contributed by atoms with van der Waals surface area (Å²) in [5.41, 5.74) is 0. The number of hydrogen-bond acceptors (Lipinski definition) is 2. The molecule has 0 aromatic carbocycles. The summed E-state index contributed by atoms with van der Waals surface area (Å²) in [5, 5.41) is 2.81. The first-order valence-electron chi connectivity index (χ1n) is 6.07. The van der Waals surface area contributed by atoms with Gasteiger partial charge >= 0.3 is 0 Å². The third-order valence-electron chi connectivity index (χ3n) is 3.23. The standard InChI is InChI=1S/C12H22N2O2/c1-5-9(4)14-7-6-10(15)13-11(8(2)3)12(14)16/h8-9,11H,5-7H2,1-4H3,(H,13,15). The largest absolute Gasteiger partial charge is 0.344 e. The maximum Gasteiger partial charge on any atom is 0.245 e. The van der Waals surface area contributed by atoms with Gasteiger partial charge in [0.05, 0.1) is 0 Å². The Bertz CT molecular complexity index is 276. The molecule has 0 spiro atoms. The fourth-order valence-electron chi connectivity index (χ4n) is 1.93. The number of hydrogen-bond donors (Lipinski definition) is 1. The summed E-state index contributed by atoms with van der Waals surface area (Å²) < 4.78 is 0. The van der Waals surface area contributed by atoms with Gasteiger partial charge in [0.1, 0.15) is 6.04 Å². The third-order valence-corrected chi connectivity index (χ3v) is 3.23. The highest BCUT2D eigenvalue weighted by atomic mass is 16.2. The van der Waals surface area contributed by atoms with Gasteiger partial charge in [-0.3, -0.25) is 9.59 Å². The molecule has 1 heterocycles. The fourth-order valence-corrected chi connectivity index (χ4v) is 1.93. The van der Waals surface area contributed by atoms with Crippen molar-refractivity contribution in [2.45, 2.75) is 52.6 Å². The number of nitrogens with one attached hydrogen (secondary N) is 1. The van der Waals surface area contributed by atoms with E-state index in [0.29, 0.717) is 13.0 Å². The molecule has 0 aliphatic carbocycles. The molecule has 1 aliphatic heterocycles. The van der Waals surface area contributed by atoms with E-state index >= 15 is 0 Å². The molecule has 16 heavy (non-hydrogen) atoms. The van der Waals surface area contributed by atoms with Crippen LogP contribution in [-0.2, 0) is 9.59 Å². The lowest BCUT2D eigenvalue weighted by Gasteiger charge is -2.30. The van der Waals surface area contributed by atoms with E-state index in [2.05, 4.69) is 12.2 Å². The van der Waals surface area contributed by atoms with Crippen LogP contribution in [0, 0.1) is 5.92 Å². The number of amides is 2. The Morgan fingerprint density at radius 2 is 2.00 bits per heavy atom. The van der Waals surface area contributed by atoms with E-state index < -0.39 is 0 Å². The lowest BCUT2D eigenvalue weighted by atomic mass is 10.0. The molecule has 1 aliphatic rings. The lowest BCUT2D eigenvalue weighted by molar-refractivity contribution is -0.136. The van der Waals surface area contributed by atoms with Crippen molar-refractivity contribution in [1.29, 1.82) is 0 Å². The van der Waals surface area contributed by atoms with E-state index in [-0.39, 0.29) is 29.8 Å². The second-order valence-corrected chi connectivity index (χ2v) is 4.83. The molecule has 2 atom stereocenters. The predicted octanol–water partition coefficient (Wildman–Crippen LogP) is 1.16. The molecule has 2 amide bonds. The summed E-state index contributed by atoms with van der Waals surface area (Å²) in [6, 6.07) is -0.148. The number of carbonyl (C=O) groups excluding carboxylic acids is 2. The highest BCUT2D eigenvalue weighted by molar-refractivity contribution is 5.90. The van der Waals surface area contributed by atoms with Crippen LogP contribution in [0.5, 0.6) is 0 Å². The Hall–Kier alpha value is -1.06. The van der Waals surface area contributed by atoms with E-state index in [1.165, 1.54) is 0 Å². The molecule has 1 saturated heterocycles. The Morgan fingerprint density at radius 1 is 1.38 bits per heavy atom. The molecule has 92 valence electrons. The Morgan fingerprint density at radius 3 is 2.50 bits per heavy atom. The van der Waals surface area contributed by atoms with Crippen molar-refractivity contribution in [1.82, 2.24) is 10.2 Å². The first-order chi connectivity index (χ1) is 7.47. The highest BCUT2D eigenvalue weighted by Gasteiger charge is 2.33. The van der Waals surface area contributed by atoms with Crippen molar-refractivity contribution in [3.8, 4) is 0 Å². The third kappa shape index (κ3) is 2.74. The van der Waals surface area contributed by atoms with Crippen LogP contribution in [-0.4, -0.2) is 35.3 Å². The number of nitrogens with zero attached hydrogens (tertiary/aromatic N) is 1. The fraction of sp³-hybridized carbons (Fsp3) is 0.833. The second-order valence-electron chi connectivity index (χ2n) is 4.83. The molecule has 4 heteroatoms.